The van der Waals surface area contributed by atoms with Gasteiger partial charge in [0, 0.05) is 21.9 Å². The molecular formula is C32H22O2. The summed E-state index contributed by atoms with van der Waals surface area (Å²) < 4.78 is 12.5. The number of hydrogen-bond acceptors (Lipinski definition) is 2. The van der Waals surface area contributed by atoms with E-state index in [4.69, 9.17) is 8.83 Å². The van der Waals surface area contributed by atoms with Crippen LogP contribution in [0.3, 0.4) is 0 Å². The lowest BCUT2D eigenvalue weighted by atomic mass is 9.97. The summed E-state index contributed by atoms with van der Waals surface area (Å²) in [6, 6.07) is 34.2. The standard InChI is InChI=1S/C32H22O2/c1-19-3-7-21(8-4-19)31-17-27-25-11-12-26-24(23(25)13-15-29(27)33-31)14-16-30-28(26)18-32(34-30)22-9-5-20(2)6-10-22/h3-18H,1-2H3. The molecule has 162 valence electrons. The van der Waals surface area contributed by atoms with Crippen molar-refractivity contribution in [2.24, 2.45) is 0 Å². The number of hydrogen-bond donors (Lipinski definition) is 0. The van der Waals surface area contributed by atoms with E-state index in [9.17, 15) is 0 Å². The van der Waals surface area contributed by atoms with Crippen molar-refractivity contribution in [2.45, 2.75) is 13.8 Å². The van der Waals surface area contributed by atoms with Crippen molar-refractivity contribution in [3.63, 3.8) is 0 Å². The molecule has 0 saturated carbocycles. The Bertz CT molecular complexity index is 1710. The Morgan fingerprint density at radius 2 is 0.735 bits per heavy atom. The predicted molar refractivity (Wildman–Crippen MR) is 141 cm³/mol. The van der Waals surface area contributed by atoms with Gasteiger partial charge in [0.1, 0.15) is 22.7 Å². The third-order valence-electron chi connectivity index (χ3n) is 6.86. The van der Waals surface area contributed by atoms with Gasteiger partial charge in [-0.25, -0.2) is 0 Å². The van der Waals surface area contributed by atoms with Crippen LogP contribution in [0.15, 0.2) is 106 Å². The summed E-state index contributed by atoms with van der Waals surface area (Å²) in [6.45, 7) is 4.20. The molecule has 0 aliphatic heterocycles. The van der Waals surface area contributed by atoms with Crippen LogP contribution in [0.4, 0.5) is 0 Å². The Morgan fingerprint density at radius 3 is 1.15 bits per heavy atom. The average Bonchev–Trinajstić information content (AvgIpc) is 3.49. The van der Waals surface area contributed by atoms with Crippen LogP contribution in [0.2, 0.25) is 0 Å². The zero-order chi connectivity index (χ0) is 22.8. The average molecular weight is 439 g/mol. The minimum absolute atomic E-state index is 0.899. The second-order valence-electron chi connectivity index (χ2n) is 9.16. The number of rotatable bonds is 2. The molecule has 0 spiro atoms. The zero-order valence-corrected chi connectivity index (χ0v) is 19.1. The van der Waals surface area contributed by atoms with Crippen molar-refractivity contribution in [2.75, 3.05) is 0 Å². The number of aryl methyl sites for hydroxylation is 2. The molecule has 0 N–H and O–H groups in total. The van der Waals surface area contributed by atoms with E-state index in [2.05, 4.69) is 111 Å². The summed E-state index contributed by atoms with van der Waals surface area (Å²) >= 11 is 0. The molecule has 0 aliphatic carbocycles. The summed E-state index contributed by atoms with van der Waals surface area (Å²) in [4.78, 5) is 0. The summed E-state index contributed by atoms with van der Waals surface area (Å²) in [7, 11) is 0. The molecule has 5 aromatic carbocycles. The van der Waals surface area contributed by atoms with Crippen LogP contribution in [0.25, 0.3) is 66.1 Å². The second-order valence-corrected chi connectivity index (χ2v) is 9.16. The molecule has 34 heavy (non-hydrogen) atoms. The SMILES string of the molecule is Cc1ccc(-c2cc3c(ccc4c3ccc3c5cc(-c6ccc(C)cc6)oc5ccc34)o2)cc1. The Balaban J connectivity index is 1.43. The van der Waals surface area contributed by atoms with Crippen molar-refractivity contribution < 1.29 is 8.83 Å². The topological polar surface area (TPSA) is 26.3 Å². The van der Waals surface area contributed by atoms with Crippen molar-refractivity contribution >= 4 is 43.5 Å². The van der Waals surface area contributed by atoms with Crippen LogP contribution in [0.5, 0.6) is 0 Å². The van der Waals surface area contributed by atoms with E-state index in [-0.39, 0.29) is 0 Å². The molecule has 2 heteroatoms. The summed E-state index contributed by atoms with van der Waals surface area (Å²) in [5.74, 6) is 1.80. The van der Waals surface area contributed by atoms with Crippen LogP contribution < -0.4 is 0 Å². The second kappa shape index (κ2) is 7.10. The first-order valence-electron chi connectivity index (χ1n) is 11.6. The third kappa shape index (κ3) is 2.89. The van der Waals surface area contributed by atoms with Crippen molar-refractivity contribution in [1.29, 1.82) is 0 Å². The van der Waals surface area contributed by atoms with E-state index in [0.717, 1.165) is 44.6 Å². The molecule has 0 aliphatic rings. The lowest BCUT2D eigenvalue weighted by Crippen LogP contribution is -1.79. The molecule has 2 heterocycles. The highest BCUT2D eigenvalue weighted by atomic mass is 16.3. The lowest BCUT2D eigenvalue weighted by Gasteiger charge is -2.05. The molecule has 0 radical (unpaired) electrons. The highest BCUT2D eigenvalue weighted by molar-refractivity contribution is 6.21. The molecule has 0 fully saturated rings. The Labute approximate surface area is 197 Å². The Hall–Kier alpha value is -4.30. The van der Waals surface area contributed by atoms with Crippen LogP contribution in [0, 0.1) is 13.8 Å². The first kappa shape index (κ1) is 19.2. The van der Waals surface area contributed by atoms with Gasteiger partial charge in [0.2, 0.25) is 0 Å². The van der Waals surface area contributed by atoms with Gasteiger partial charge in [-0.3, -0.25) is 0 Å². The third-order valence-corrected chi connectivity index (χ3v) is 6.86. The Morgan fingerprint density at radius 1 is 0.382 bits per heavy atom. The monoisotopic (exact) mass is 438 g/mol. The molecule has 0 bridgehead atoms. The van der Waals surface area contributed by atoms with Gasteiger partial charge >= 0.3 is 0 Å². The maximum absolute atomic E-state index is 6.23. The maximum atomic E-state index is 6.23. The van der Waals surface area contributed by atoms with E-state index in [1.807, 2.05) is 0 Å². The fourth-order valence-corrected chi connectivity index (χ4v) is 4.98. The highest BCUT2D eigenvalue weighted by Crippen LogP contribution is 2.39. The van der Waals surface area contributed by atoms with Gasteiger partial charge in [0.15, 0.2) is 0 Å². The molecular weight excluding hydrogens is 416 g/mol. The molecule has 2 aromatic heterocycles. The normalized spacial score (nSPS) is 11.8. The summed E-state index contributed by atoms with van der Waals surface area (Å²) in [5, 5.41) is 7.13. The maximum Gasteiger partial charge on any atom is 0.135 e. The fraction of sp³-hybridized carbons (Fsp3) is 0.0625. The quantitative estimate of drug-likeness (QED) is 0.251. The van der Waals surface area contributed by atoms with E-state index < -0.39 is 0 Å². The molecule has 7 rings (SSSR count). The lowest BCUT2D eigenvalue weighted by molar-refractivity contribution is 0.631. The van der Waals surface area contributed by atoms with Gasteiger partial charge < -0.3 is 8.83 Å². The molecule has 0 atom stereocenters. The van der Waals surface area contributed by atoms with Crippen molar-refractivity contribution in [3.05, 3.63) is 108 Å². The summed E-state index contributed by atoms with van der Waals surface area (Å²) in [5.41, 5.74) is 6.50. The molecule has 0 unspecified atom stereocenters. The molecule has 0 saturated heterocycles. The van der Waals surface area contributed by atoms with Gasteiger partial charge in [0.05, 0.1) is 0 Å². The largest absolute Gasteiger partial charge is 0.456 e. The van der Waals surface area contributed by atoms with Crippen molar-refractivity contribution in [3.8, 4) is 22.6 Å². The predicted octanol–water partition coefficient (Wildman–Crippen LogP) is 9.44. The number of furan rings is 2. The first-order valence-corrected chi connectivity index (χ1v) is 11.6. The van der Waals surface area contributed by atoms with E-state index >= 15 is 0 Å². The Kier molecular flexibility index (Phi) is 4.01. The number of benzene rings is 5. The smallest absolute Gasteiger partial charge is 0.135 e. The minimum Gasteiger partial charge on any atom is -0.456 e. The fourth-order valence-electron chi connectivity index (χ4n) is 4.98. The minimum atomic E-state index is 0.899. The van der Waals surface area contributed by atoms with Gasteiger partial charge in [-0.15, -0.1) is 0 Å². The number of fused-ring (bicyclic) bond motifs is 7. The molecule has 2 nitrogen and oxygen atoms in total. The summed E-state index contributed by atoms with van der Waals surface area (Å²) in [6.07, 6.45) is 0. The van der Waals surface area contributed by atoms with Crippen LogP contribution in [-0.2, 0) is 0 Å². The first-order chi connectivity index (χ1) is 16.6. The van der Waals surface area contributed by atoms with Gasteiger partial charge in [-0.05, 0) is 59.7 Å². The van der Waals surface area contributed by atoms with Gasteiger partial charge in [-0.2, -0.15) is 0 Å². The van der Waals surface area contributed by atoms with Gasteiger partial charge in [-0.1, -0.05) is 83.9 Å². The van der Waals surface area contributed by atoms with Gasteiger partial charge in [0.25, 0.3) is 0 Å². The zero-order valence-electron chi connectivity index (χ0n) is 19.1. The highest BCUT2D eigenvalue weighted by Gasteiger charge is 2.14. The van der Waals surface area contributed by atoms with Crippen LogP contribution in [0.1, 0.15) is 11.1 Å². The van der Waals surface area contributed by atoms with Crippen LogP contribution in [-0.4, -0.2) is 0 Å². The van der Waals surface area contributed by atoms with E-state index in [0.29, 0.717) is 0 Å². The molecule has 0 amide bonds. The molecule has 7 aromatic rings. The van der Waals surface area contributed by atoms with Crippen LogP contribution >= 0.6 is 0 Å². The van der Waals surface area contributed by atoms with E-state index in [1.54, 1.807) is 0 Å². The van der Waals surface area contributed by atoms with Crippen molar-refractivity contribution in [1.82, 2.24) is 0 Å². The van der Waals surface area contributed by atoms with E-state index in [1.165, 1.54) is 32.7 Å².